The molecule has 0 aromatic carbocycles. The van der Waals surface area contributed by atoms with Crippen molar-refractivity contribution in [3.63, 3.8) is 0 Å². The zero-order valence-electron chi connectivity index (χ0n) is 11.3. The molecule has 98 valence electrons. The van der Waals surface area contributed by atoms with Gasteiger partial charge in [0.2, 0.25) is 0 Å². The Morgan fingerprint density at radius 3 is 2.29 bits per heavy atom. The molecule has 2 atom stereocenters. The quantitative estimate of drug-likeness (QED) is 0.756. The van der Waals surface area contributed by atoms with Gasteiger partial charge in [0.25, 0.3) is 0 Å². The largest absolute Gasteiger partial charge is 0.449 e. The van der Waals surface area contributed by atoms with E-state index in [9.17, 15) is 4.79 Å². The summed E-state index contributed by atoms with van der Waals surface area (Å²) in [5.41, 5.74) is 0. The topological polar surface area (TPSA) is 32.8 Å². The summed E-state index contributed by atoms with van der Waals surface area (Å²) >= 11 is 0. The minimum atomic E-state index is -0.108. The monoisotopic (exact) mass is 240 g/mol. The molecule has 1 amide bonds. The highest BCUT2D eigenvalue weighted by atomic mass is 16.6. The first-order chi connectivity index (χ1) is 7.99. The lowest BCUT2D eigenvalue weighted by molar-refractivity contribution is -0.0686. The number of carbonyl (C=O) groups excluding carboxylic acids is 1. The standard InChI is InChI=1S/C13H24N2O2/c1-9(2)8-17-13(16)15-11-5-12(15)7-14(6-11)10(3)4/h9-12H,5-8H2,1-4H3. The summed E-state index contributed by atoms with van der Waals surface area (Å²) in [5.74, 6) is 0.409. The number of hydrogen-bond acceptors (Lipinski definition) is 3. The number of fused-ring (bicyclic) bond motifs is 2. The third kappa shape index (κ3) is 2.57. The molecule has 3 fully saturated rings. The summed E-state index contributed by atoms with van der Waals surface area (Å²) < 4.78 is 5.31. The Bertz CT molecular complexity index is 279. The molecule has 0 aromatic heterocycles. The summed E-state index contributed by atoms with van der Waals surface area (Å²) in [5, 5.41) is 0. The molecule has 3 heterocycles. The van der Waals surface area contributed by atoms with Crippen molar-refractivity contribution in [1.82, 2.24) is 9.80 Å². The molecule has 3 saturated heterocycles. The van der Waals surface area contributed by atoms with E-state index >= 15 is 0 Å². The van der Waals surface area contributed by atoms with Gasteiger partial charge < -0.3 is 4.74 Å². The molecule has 0 radical (unpaired) electrons. The molecule has 4 nitrogen and oxygen atoms in total. The van der Waals surface area contributed by atoms with Gasteiger partial charge in [-0.3, -0.25) is 9.80 Å². The van der Waals surface area contributed by atoms with Gasteiger partial charge in [-0.2, -0.15) is 0 Å². The summed E-state index contributed by atoms with van der Waals surface area (Å²) in [6.07, 6.45) is 1.04. The van der Waals surface area contributed by atoms with Gasteiger partial charge in [-0.15, -0.1) is 0 Å². The van der Waals surface area contributed by atoms with Crippen molar-refractivity contribution >= 4 is 6.09 Å². The van der Waals surface area contributed by atoms with Crippen LogP contribution in [0.1, 0.15) is 34.1 Å². The molecule has 3 rings (SSSR count). The molecule has 0 saturated carbocycles. The van der Waals surface area contributed by atoms with Crippen molar-refractivity contribution in [2.75, 3.05) is 19.7 Å². The van der Waals surface area contributed by atoms with Gasteiger partial charge in [-0.1, -0.05) is 13.8 Å². The van der Waals surface area contributed by atoms with Gasteiger partial charge in [0.05, 0.1) is 18.7 Å². The van der Waals surface area contributed by atoms with E-state index in [0.717, 1.165) is 19.5 Å². The van der Waals surface area contributed by atoms with Gasteiger partial charge in [0, 0.05) is 19.1 Å². The van der Waals surface area contributed by atoms with Crippen LogP contribution in [-0.4, -0.2) is 53.7 Å². The average Bonchev–Trinajstić information content (AvgIpc) is 2.26. The predicted molar refractivity (Wildman–Crippen MR) is 66.9 cm³/mol. The molecular weight excluding hydrogens is 216 g/mol. The van der Waals surface area contributed by atoms with Crippen LogP contribution in [0.4, 0.5) is 4.79 Å². The van der Waals surface area contributed by atoms with Crippen LogP contribution in [0.2, 0.25) is 0 Å². The van der Waals surface area contributed by atoms with E-state index in [1.54, 1.807) is 0 Å². The second-order valence-electron chi connectivity index (χ2n) is 5.97. The number of carbonyl (C=O) groups is 1. The number of nitrogens with zero attached hydrogens (tertiary/aromatic N) is 2. The van der Waals surface area contributed by atoms with Crippen LogP contribution >= 0.6 is 0 Å². The van der Waals surface area contributed by atoms with E-state index in [-0.39, 0.29) is 6.09 Å². The Balaban J connectivity index is 1.84. The van der Waals surface area contributed by atoms with Crippen LogP contribution in [0.25, 0.3) is 0 Å². The fourth-order valence-corrected chi connectivity index (χ4v) is 2.67. The SMILES string of the molecule is CC(C)COC(=O)N1C2CC1CN(C(C)C)C2. The summed E-state index contributed by atoms with van der Waals surface area (Å²) in [4.78, 5) is 16.3. The molecule has 0 spiro atoms. The first-order valence-electron chi connectivity index (χ1n) is 6.68. The van der Waals surface area contributed by atoms with Gasteiger partial charge in [-0.05, 0) is 26.2 Å². The Labute approximate surface area is 104 Å². The van der Waals surface area contributed by atoms with Gasteiger partial charge in [0.15, 0.2) is 0 Å². The molecule has 2 unspecified atom stereocenters. The average molecular weight is 240 g/mol. The van der Waals surface area contributed by atoms with Crippen molar-refractivity contribution in [2.45, 2.75) is 52.2 Å². The third-order valence-corrected chi connectivity index (χ3v) is 3.70. The maximum Gasteiger partial charge on any atom is 0.410 e. The Kier molecular flexibility index (Phi) is 3.61. The van der Waals surface area contributed by atoms with Crippen LogP contribution in [0.3, 0.4) is 0 Å². The van der Waals surface area contributed by atoms with E-state index in [0.29, 0.717) is 30.7 Å². The Morgan fingerprint density at radius 2 is 1.82 bits per heavy atom. The summed E-state index contributed by atoms with van der Waals surface area (Å²) in [7, 11) is 0. The van der Waals surface area contributed by atoms with Crippen molar-refractivity contribution in [2.24, 2.45) is 5.92 Å². The van der Waals surface area contributed by atoms with Crippen LogP contribution in [-0.2, 0) is 4.74 Å². The summed E-state index contributed by atoms with van der Waals surface area (Å²) in [6, 6.07) is 1.35. The van der Waals surface area contributed by atoms with Gasteiger partial charge in [0.1, 0.15) is 0 Å². The molecule has 3 aliphatic rings. The van der Waals surface area contributed by atoms with E-state index in [4.69, 9.17) is 4.74 Å². The molecule has 0 N–H and O–H groups in total. The Morgan fingerprint density at radius 1 is 1.24 bits per heavy atom. The van der Waals surface area contributed by atoms with Crippen molar-refractivity contribution in [3.8, 4) is 0 Å². The minimum Gasteiger partial charge on any atom is -0.449 e. The number of piperazine rings is 1. The first kappa shape index (κ1) is 12.7. The van der Waals surface area contributed by atoms with E-state index in [1.165, 1.54) is 0 Å². The highest BCUT2D eigenvalue weighted by molar-refractivity contribution is 5.70. The minimum absolute atomic E-state index is 0.108. The molecule has 0 aliphatic carbocycles. The summed E-state index contributed by atoms with van der Waals surface area (Å²) in [6.45, 7) is 11.1. The van der Waals surface area contributed by atoms with Crippen molar-refractivity contribution in [1.29, 1.82) is 0 Å². The van der Waals surface area contributed by atoms with E-state index in [1.807, 2.05) is 4.90 Å². The second-order valence-corrected chi connectivity index (χ2v) is 5.97. The fourth-order valence-electron chi connectivity index (χ4n) is 2.67. The highest BCUT2D eigenvalue weighted by Crippen LogP contribution is 2.33. The van der Waals surface area contributed by atoms with Crippen LogP contribution in [0, 0.1) is 5.92 Å². The Hall–Kier alpha value is -0.770. The van der Waals surface area contributed by atoms with Gasteiger partial charge in [-0.25, -0.2) is 4.79 Å². The zero-order chi connectivity index (χ0) is 12.6. The normalized spacial score (nSPS) is 28.5. The first-order valence-corrected chi connectivity index (χ1v) is 6.68. The molecule has 3 aliphatic heterocycles. The molecule has 4 heteroatoms. The smallest absolute Gasteiger partial charge is 0.410 e. The van der Waals surface area contributed by atoms with Crippen molar-refractivity contribution in [3.05, 3.63) is 0 Å². The molecule has 0 aromatic rings. The molecule has 17 heavy (non-hydrogen) atoms. The lowest BCUT2D eigenvalue weighted by Crippen LogP contribution is -2.70. The number of piperidine rings is 1. The van der Waals surface area contributed by atoms with Gasteiger partial charge >= 0.3 is 6.09 Å². The number of ether oxygens (including phenoxy) is 1. The maximum atomic E-state index is 11.9. The number of rotatable bonds is 3. The zero-order valence-corrected chi connectivity index (χ0v) is 11.3. The predicted octanol–water partition coefficient (Wildman–Crippen LogP) is 1.95. The lowest BCUT2D eigenvalue weighted by Gasteiger charge is -2.56. The number of amides is 1. The second kappa shape index (κ2) is 4.84. The number of hydrogen-bond donors (Lipinski definition) is 0. The van der Waals surface area contributed by atoms with E-state index < -0.39 is 0 Å². The fraction of sp³-hybridized carbons (Fsp3) is 0.923. The molecule has 2 bridgehead atoms. The maximum absolute atomic E-state index is 11.9. The van der Waals surface area contributed by atoms with Crippen LogP contribution in [0.5, 0.6) is 0 Å². The lowest BCUT2D eigenvalue weighted by atomic mass is 9.87. The van der Waals surface area contributed by atoms with Crippen LogP contribution in [0.15, 0.2) is 0 Å². The highest BCUT2D eigenvalue weighted by Gasteiger charge is 2.48. The van der Waals surface area contributed by atoms with E-state index in [2.05, 4.69) is 32.6 Å². The third-order valence-electron chi connectivity index (χ3n) is 3.70. The van der Waals surface area contributed by atoms with Crippen molar-refractivity contribution < 1.29 is 9.53 Å². The van der Waals surface area contributed by atoms with Crippen LogP contribution < -0.4 is 0 Å². The molecular formula is C13H24N2O2.